The van der Waals surface area contributed by atoms with Gasteiger partial charge in [-0.25, -0.2) is 14.2 Å². The van der Waals surface area contributed by atoms with Crippen LogP contribution in [0.15, 0.2) is 35.3 Å². The molecule has 0 radical (unpaired) electrons. The Morgan fingerprint density at radius 1 is 1.14 bits per heavy atom. The summed E-state index contributed by atoms with van der Waals surface area (Å²) in [6, 6.07) is 5.10. The Morgan fingerprint density at radius 3 is 2.49 bits per heavy atom. The normalized spacial score (nSPS) is 11.6. The number of rotatable bonds is 5. The summed E-state index contributed by atoms with van der Waals surface area (Å²) in [4.78, 5) is 34.7. The molecule has 0 fully saturated rings. The molecule has 4 aromatic rings. The van der Waals surface area contributed by atoms with Crippen LogP contribution >= 0.6 is 11.6 Å². The lowest BCUT2D eigenvalue weighted by atomic mass is 9.92. The summed E-state index contributed by atoms with van der Waals surface area (Å²) in [5.41, 5.74) is 1.03. The molecule has 0 aliphatic rings. The van der Waals surface area contributed by atoms with Crippen molar-refractivity contribution in [2.24, 2.45) is 7.05 Å². The molecule has 10 nitrogen and oxygen atoms in total. The van der Waals surface area contributed by atoms with Crippen LogP contribution in [0.3, 0.4) is 0 Å². The van der Waals surface area contributed by atoms with E-state index < -0.39 is 11.8 Å². The van der Waals surface area contributed by atoms with Gasteiger partial charge in [-0.05, 0) is 25.1 Å². The Hall–Kier alpha value is -3.99. The summed E-state index contributed by atoms with van der Waals surface area (Å²) in [6.45, 7) is 8.19. The van der Waals surface area contributed by atoms with Gasteiger partial charge in [0.05, 0.1) is 16.4 Å². The van der Waals surface area contributed by atoms with Crippen molar-refractivity contribution in [1.82, 2.24) is 24.3 Å². The molecule has 37 heavy (non-hydrogen) atoms. The van der Waals surface area contributed by atoms with Gasteiger partial charge in [0.15, 0.2) is 0 Å². The van der Waals surface area contributed by atoms with Crippen LogP contribution in [0.1, 0.15) is 33.4 Å². The van der Waals surface area contributed by atoms with Gasteiger partial charge in [0.1, 0.15) is 17.3 Å². The number of aromatic nitrogens is 5. The van der Waals surface area contributed by atoms with Crippen LogP contribution in [0.2, 0.25) is 5.02 Å². The molecule has 3 N–H and O–H groups in total. The molecule has 12 heteroatoms. The van der Waals surface area contributed by atoms with Crippen molar-refractivity contribution in [3.63, 3.8) is 0 Å². The maximum atomic E-state index is 14.8. The van der Waals surface area contributed by atoms with Gasteiger partial charge in [0.2, 0.25) is 5.95 Å². The first-order valence-electron chi connectivity index (χ1n) is 11.6. The summed E-state index contributed by atoms with van der Waals surface area (Å²) in [5.74, 6) is 0.0726. The molecular formula is C25H28ClFN8O2. The number of benzene rings is 1. The van der Waals surface area contributed by atoms with Gasteiger partial charge >= 0.3 is 6.03 Å². The van der Waals surface area contributed by atoms with Crippen LogP contribution in [0.5, 0.6) is 0 Å². The highest BCUT2D eigenvalue weighted by Crippen LogP contribution is 2.32. The number of aryl methyl sites for hydroxylation is 2. The van der Waals surface area contributed by atoms with Crippen molar-refractivity contribution in [2.45, 2.75) is 39.7 Å². The second-order valence-corrected chi connectivity index (χ2v) is 9.92. The fraction of sp³-hybridized carbons (Fsp3) is 0.320. The third kappa shape index (κ3) is 5.12. The third-order valence-electron chi connectivity index (χ3n) is 5.85. The average molecular weight is 527 g/mol. The van der Waals surface area contributed by atoms with E-state index in [2.05, 4.69) is 31.0 Å². The first-order valence-corrected chi connectivity index (χ1v) is 12.0. The number of nitrogens with one attached hydrogen (secondary N) is 3. The largest absolute Gasteiger partial charge is 0.357 e. The number of urea groups is 1. The van der Waals surface area contributed by atoms with Gasteiger partial charge in [-0.1, -0.05) is 32.4 Å². The lowest BCUT2D eigenvalue weighted by Gasteiger charge is -2.14. The molecule has 3 heterocycles. The molecule has 0 aliphatic heterocycles. The standard InChI is InChI=1S/C25H28ClFN8O2/c1-7-35-21-13(12-29-23(28-5)32-21)8-15(22(35)36)14-9-18(17(27)10-16(14)26)30-24(37)31-20-11-19(25(2,3)4)33-34(20)6/h8-12H,7H2,1-6H3,(H,28,29,32)(H2,30,31,37). The predicted octanol–water partition coefficient (Wildman–Crippen LogP) is 4.99. The van der Waals surface area contributed by atoms with Crippen LogP contribution in [-0.2, 0) is 19.0 Å². The van der Waals surface area contributed by atoms with Crippen LogP contribution in [-0.4, -0.2) is 37.4 Å². The quantitative estimate of drug-likeness (QED) is 0.337. The Bertz CT molecular complexity index is 1570. The summed E-state index contributed by atoms with van der Waals surface area (Å²) < 4.78 is 17.8. The van der Waals surface area contributed by atoms with E-state index in [4.69, 9.17) is 11.6 Å². The number of amides is 2. The molecule has 0 atom stereocenters. The topological polar surface area (TPSA) is 119 Å². The number of anilines is 3. The summed E-state index contributed by atoms with van der Waals surface area (Å²) in [5, 5.41) is 13.1. The highest BCUT2D eigenvalue weighted by Gasteiger charge is 2.21. The Labute approximate surface area is 217 Å². The SMILES string of the molecule is CCn1c(=O)c(-c2cc(NC(=O)Nc3cc(C(C)(C)C)nn3C)c(F)cc2Cl)cc2cnc(NC)nc21. The molecule has 0 spiro atoms. The van der Waals surface area contributed by atoms with E-state index in [-0.39, 0.29) is 32.8 Å². The number of carbonyl (C=O) groups excluding carboxylic acids is 1. The van der Waals surface area contributed by atoms with Crippen molar-refractivity contribution in [1.29, 1.82) is 0 Å². The molecule has 194 valence electrons. The number of nitrogens with zero attached hydrogens (tertiary/aromatic N) is 5. The molecule has 0 saturated heterocycles. The molecule has 3 aromatic heterocycles. The van der Waals surface area contributed by atoms with Crippen molar-refractivity contribution in [3.05, 3.63) is 57.3 Å². The number of fused-ring (bicyclic) bond motifs is 1. The number of halogens is 2. The van der Waals surface area contributed by atoms with Crippen molar-refractivity contribution >= 4 is 46.1 Å². The minimum Gasteiger partial charge on any atom is -0.357 e. The molecule has 0 saturated carbocycles. The number of carbonyl (C=O) groups is 1. The lowest BCUT2D eigenvalue weighted by molar-refractivity contribution is 0.262. The number of hydrogen-bond acceptors (Lipinski definition) is 6. The van der Waals surface area contributed by atoms with Crippen LogP contribution in [0.4, 0.5) is 26.6 Å². The molecular weight excluding hydrogens is 499 g/mol. The van der Waals surface area contributed by atoms with Crippen LogP contribution < -0.4 is 21.5 Å². The number of pyridine rings is 1. The molecule has 0 bridgehead atoms. The highest BCUT2D eigenvalue weighted by atomic mass is 35.5. The van der Waals surface area contributed by atoms with Crippen LogP contribution in [0, 0.1) is 5.82 Å². The Morgan fingerprint density at radius 2 is 1.86 bits per heavy atom. The average Bonchev–Trinajstić information content (AvgIpc) is 3.21. The smallest absolute Gasteiger partial charge is 0.324 e. The minimum absolute atomic E-state index is 0.0248. The predicted molar refractivity (Wildman–Crippen MR) is 144 cm³/mol. The fourth-order valence-electron chi connectivity index (χ4n) is 3.84. The molecule has 4 rings (SSSR count). The molecule has 0 aliphatic carbocycles. The number of hydrogen-bond donors (Lipinski definition) is 3. The van der Waals surface area contributed by atoms with E-state index in [1.54, 1.807) is 32.4 Å². The monoisotopic (exact) mass is 526 g/mol. The summed E-state index contributed by atoms with van der Waals surface area (Å²) in [6.07, 6.45) is 1.59. The Kier molecular flexibility index (Phi) is 6.92. The second-order valence-electron chi connectivity index (χ2n) is 9.51. The van der Waals surface area contributed by atoms with Gasteiger partial charge in [-0.15, -0.1) is 0 Å². The van der Waals surface area contributed by atoms with Gasteiger partial charge in [0.25, 0.3) is 5.56 Å². The maximum absolute atomic E-state index is 14.8. The second kappa shape index (κ2) is 9.81. The molecule has 1 aromatic carbocycles. The zero-order valence-electron chi connectivity index (χ0n) is 21.4. The van der Waals surface area contributed by atoms with E-state index in [9.17, 15) is 14.0 Å². The first kappa shape index (κ1) is 26.1. The van der Waals surface area contributed by atoms with Gasteiger partial charge < -0.3 is 10.6 Å². The fourth-order valence-corrected chi connectivity index (χ4v) is 4.09. The van der Waals surface area contributed by atoms with E-state index in [0.717, 1.165) is 11.8 Å². The zero-order valence-corrected chi connectivity index (χ0v) is 22.2. The maximum Gasteiger partial charge on any atom is 0.324 e. The van der Waals surface area contributed by atoms with Crippen molar-refractivity contribution in [2.75, 3.05) is 23.0 Å². The summed E-state index contributed by atoms with van der Waals surface area (Å²) >= 11 is 6.37. The Balaban J connectivity index is 1.71. The van der Waals surface area contributed by atoms with Gasteiger partial charge in [-0.3, -0.25) is 19.4 Å². The van der Waals surface area contributed by atoms with E-state index in [1.165, 1.54) is 15.3 Å². The third-order valence-corrected chi connectivity index (χ3v) is 6.16. The minimum atomic E-state index is -0.747. The molecule has 2 amide bonds. The lowest BCUT2D eigenvalue weighted by Crippen LogP contribution is -2.23. The highest BCUT2D eigenvalue weighted by molar-refractivity contribution is 6.33. The van der Waals surface area contributed by atoms with Gasteiger partial charge in [0, 0.05) is 54.8 Å². The van der Waals surface area contributed by atoms with Crippen molar-refractivity contribution < 1.29 is 9.18 Å². The molecule has 0 unspecified atom stereocenters. The van der Waals surface area contributed by atoms with E-state index in [1.807, 2.05) is 27.7 Å². The van der Waals surface area contributed by atoms with Crippen LogP contribution in [0.25, 0.3) is 22.2 Å². The first-order chi connectivity index (χ1) is 17.4. The van der Waals surface area contributed by atoms with E-state index in [0.29, 0.717) is 29.3 Å². The van der Waals surface area contributed by atoms with Gasteiger partial charge in [-0.2, -0.15) is 10.1 Å². The van der Waals surface area contributed by atoms with Crippen molar-refractivity contribution in [3.8, 4) is 11.1 Å². The zero-order chi connectivity index (χ0) is 27.1. The summed E-state index contributed by atoms with van der Waals surface area (Å²) in [7, 11) is 3.39. The van der Waals surface area contributed by atoms with E-state index >= 15 is 0 Å².